The maximum atomic E-state index is 13.4. The molecule has 2 aliphatic heterocycles. The lowest BCUT2D eigenvalue weighted by atomic mass is 9.81. The summed E-state index contributed by atoms with van der Waals surface area (Å²) in [5, 5.41) is 17.2. The average Bonchev–Trinajstić information content (AvgIpc) is 3.06. The Labute approximate surface area is 154 Å². The van der Waals surface area contributed by atoms with Crippen molar-refractivity contribution < 1.29 is 14.5 Å². The molecule has 4 rings (SSSR count). The van der Waals surface area contributed by atoms with Crippen molar-refractivity contribution in [2.24, 2.45) is 5.10 Å². The summed E-state index contributed by atoms with van der Waals surface area (Å²) in [6.07, 6.45) is 0. The summed E-state index contributed by atoms with van der Waals surface area (Å²) < 4.78 is 6.02. The Morgan fingerprint density at radius 2 is 1.96 bits per heavy atom. The SMILES string of the molecule is CC1=NN(c2ccccc2Cl)C(=O)[C@@]12Oc1ccccc1[C@@H]2C[N+](=O)[O-]. The standard InChI is InChI=1S/C18H14ClN3O4/c1-11-18(17(23)22(20-11)15-8-4-3-7-14(15)19)13(10-21(24)25)12-6-2-5-9-16(12)26-18/h2-9,13H,10H2,1H3/t13-,18+/m0/s1. The number of hydrazone groups is 1. The van der Waals surface area contributed by atoms with Gasteiger partial charge in [-0.3, -0.25) is 14.9 Å². The number of ether oxygens (including phenoxy) is 1. The zero-order chi connectivity index (χ0) is 18.5. The van der Waals surface area contributed by atoms with Gasteiger partial charge in [-0.2, -0.15) is 10.1 Å². The van der Waals surface area contributed by atoms with Gasteiger partial charge in [0.05, 0.1) is 16.4 Å². The lowest BCUT2D eigenvalue weighted by Crippen LogP contribution is -2.54. The van der Waals surface area contributed by atoms with Gasteiger partial charge >= 0.3 is 0 Å². The van der Waals surface area contributed by atoms with Crippen molar-refractivity contribution in [3.8, 4) is 5.75 Å². The normalized spacial score (nSPS) is 23.8. The first-order chi connectivity index (χ1) is 12.4. The lowest BCUT2D eigenvalue weighted by Gasteiger charge is -2.27. The number of fused-ring (bicyclic) bond motifs is 1. The predicted octanol–water partition coefficient (Wildman–Crippen LogP) is 3.25. The van der Waals surface area contributed by atoms with Crippen molar-refractivity contribution >= 4 is 28.9 Å². The van der Waals surface area contributed by atoms with Crippen LogP contribution in [-0.4, -0.2) is 28.7 Å². The molecule has 0 aliphatic carbocycles. The Balaban J connectivity index is 1.83. The van der Waals surface area contributed by atoms with E-state index in [0.717, 1.165) is 0 Å². The molecular formula is C18H14ClN3O4. The molecule has 26 heavy (non-hydrogen) atoms. The van der Waals surface area contributed by atoms with Crippen molar-refractivity contribution in [3.05, 3.63) is 69.2 Å². The van der Waals surface area contributed by atoms with Crippen molar-refractivity contribution in [1.82, 2.24) is 0 Å². The molecule has 8 heteroatoms. The van der Waals surface area contributed by atoms with Gasteiger partial charge in [0.2, 0.25) is 12.1 Å². The number of halogens is 1. The minimum Gasteiger partial charge on any atom is -0.470 e. The largest absolute Gasteiger partial charge is 0.470 e. The van der Waals surface area contributed by atoms with Crippen LogP contribution < -0.4 is 9.75 Å². The molecule has 7 nitrogen and oxygen atoms in total. The van der Waals surface area contributed by atoms with E-state index in [1.807, 2.05) is 0 Å². The van der Waals surface area contributed by atoms with Gasteiger partial charge in [0.1, 0.15) is 11.7 Å². The summed E-state index contributed by atoms with van der Waals surface area (Å²) in [5.41, 5.74) is -0.121. The Kier molecular flexibility index (Phi) is 3.69. The fourth-order valence-electron chi connectivity index (χ4n) is 3.59. The molecular weight excluding hydrogens is 358 g/mol. The minimum atomic E-state index is -1.53. The third kappa shape index (κ3) is 2.20. The van der Waals surface area contributed by atoms with E-state index in [1.165, 1.54) is 5.01 Å². The van der Waals surface area contributed by atoms with Crippen LogP contribution in [0.1, 0.15) is 18.4 Å². The quantitative estimate of drug-likeness (QED) is 0.612. The molecule has 0 aromatic heterocycles. The second kappa shape index (κ2) is 5.81. The first kappa shape index (κ1) is 16.5. The van der Waals surface area contributed by atoms with Gasteiger partial charge in [0, 0.05) is 10.5 Å². The van der Waals surface area contributed by atoms with E-state index in [2.05, 4.69) is 5.10 Å². The highest BCUT2D eigenvalue weighted by molar-refractivity contribution is 6.34. The Morgan fingerprint density at radius 3 is 2.69 bits per heavy atom. The molecule has 0 N–H and O–H groups in total. The van der Waals surface area contributed by atoms with E-state index in [-0.39, 0.29) is 0 Å². The Morgan fingerprint density at radius 1 is 1.27 bits per heavy atom. The van der Waals surface area contributed by atoms with Gasteiger partial charge in [-0.15, -0.1) is 0 Å². The predicted molar refractivity (Wildman–Crippen MR) is 96.5 cm³/mol. The van der Waals surface area contributed by atoms with Crippen molar-refractivity contribution in [2.75, 3.05) is 11.6 Å². The number of benzene rings is 2. The molecule has 2 aromatic carbocycles. The van der Waals surface area contributed by atoms with Crippen LogP contribution in [0.2, 0.25) is 5.02 Å². The third-order valence-electron chi connectivity index (χ3n) is 4.77. The topological polar surface area (TPSA) is 85.0 Å². The van der Waals surface area contributed by atoms with Crippen LogP contribution in [0.5, 0.6) is 5.75 Å². The van der Waals surface area contributed by atoms with E-state index < -0.39 is 28.9 Å². The fourth-order valence-corrected chi connectivity index (χ4v) is 3.80. The van der Waals surface area contributed by atoms with Gasteiger partial charge in [-0.05, 0) is 25.1 Å². The van der Waals surface area contributed by atoms with Crippen LogP contribution >= 0.6 is 11.6 Å². The lowest BCUT2D eigenvalue weighted by molar-refractivity contribution is -0.484. The van der Waals surface area contributed by atoms with Crippen LogP contribution in [0.15, 0.2) is 53.6 Å². The molecule has 0 saturated heterocycles. The van der Waals surface area contributed by atoms with Gasteiger partial charge in [-0.25, -0.2) is 0 Å². The van der Waals surface area contributed by atoms with E-state index >= 15 is 0 Å². The number of hydrogen-bond donors (Lipinski definition) is 0. The van der Waals surface area contributed by atoms with Crippen LogP contribution in [0, 0.1) is 10.1 Å². The number of nitro groups is 1. The average molecular weight is 372 g/mol. The summed E-state index contributed by atoms with van der Waals surface area (Å²) in [5.74, 6) is -0.785. The maximum Gasteiger partial charge on any atom is 0.298 e. The second-order valence-corrected chi connectivity index (χ2v) is 6.60. The molecule has 0 bridgehead atoms. The summed E-state index contributed by atoms with van der Waals surface area (Å²) in [6.45, 7) is 1.21. The first-order valence-corrected chi connectivity index (χ1v) is 8.37. The number of carbonyl (C=O) groups is 1. The molecule has 2 atom stereocenters. The maximum absolute atomic E-state index is 13.4. The number of para-hydroxylation sites is 2. The monoisotopic (exact) mass is 371 g/mol. The summed E-state index contributed by atoms with van der Waals surface area (Å²) >= 11 is 6.21. The number of anilines is 1. The number of rotatable bonds is 3. The Hall–Kier alpha value is -2.93. The van der Waals surface area contributed by atoms with Crippen molar-refractivity contribution in [2.45, 2.75) is 18.4 Å². The molecule has 2 aromatic rings. The van der Waals surface area contributed by atoms with E-state index in [1.54, 1.807) is 55.5 Å². The van der Waals surface area contributed by atoms with Gasteiger partial charge in [0.15, 0.2) is 0 Å². The molecule has 1 spiro atoms. The van der Waals surface area contributed by atoms with Crippen molar-refractivity contribution in [1.29, 1.82) is 0 Å². The molecule has 0 saturated carbocycles. The zero-order valence-electron chi connectivity index (χ0n) is 13.8. The van der Waals surface area contributed by atoms with Gasteiger partial charge < -0.3 is 4.74 Å². The fraction of sp³-hybridized carbons (Fsp3) is 0.222. The third-order valence-corrected chi connectivity index (χ3v) is 5.09. The number of carbonyl (C=O) groups excluding carboxylic acids is 1. The van der Waals surface area contributed by atoms with Gasteiger partial charge in [-0.1, -0.05) is 41.9 Å². The van der Waals surface area contributed by atoms with Crippen LogP contribution in [0.3, 0.4) is 0 Å². The number of nitrogens with zero attached hydrogens (tertiary/aromatic N) is 3. The van der Waals surface area contributed by atoms with E-state index in [0.29, 0.717) is 27.7 Å². The van der Waals surface area contributed by atoms with Crippen LogP contribution in [0.25, 0.3) is 0 Å². The van der Waals surface area contributed by atoms with Crippen LogP contribution in [-0.2, 0) is 4.79 Å². The molecule has 2 aliphatic rings. The highest BCUT2D eigenvalue weighted by atomic mass is 35.5. The molecule has 2 heterocycles. The molecule has 0 radical (unpaired) electrons. The van der Waals surface area contributed by atoms with E-state index in [4.69, 9.17) is 16.3 Å². The molecule has 132 valence electrons. The zero-order valence-corrected chi connectivity index (χ0v) is 14.5. The summed E-state index contributed by atoms with van der Waals surface area (Å²) in [4.78, 5) is 24.2. The first-order valence-electron chi connectivity index (χ1n) is 7.99. The van der Waals surface area contributed by atoms with Gasteiger partial charge in [0.25, 0.3) is 5.91 Å². The van der Waals surface area contributed by atoms with Crippen molar-refractivity contribution in [3.63, 3.8) is 0 Å². The second-order valence-electron chi connectivity index (χ2n) is 6.20. The molecule has 0 unspecified atom stereocenters. The highest BCUT2D eigenvalue weighted by Gasteiger charge is 2.63. The molecule has 0 fully saturated rings. The minimum absolute atomic E-state index is 0.357. The smallest absolute Gasteiger partial charge is 0.298 e. The number of amides is 1. The summed E-state index contributed by atoms with van der Waals surface area (Å²) in [7, 11) is 0. The van der Waals surface area contributed by atoms with Crippen LogP contribution in [0.4, 0.5) is 5.69 Å². The molecule has 1 amide bonds. The highest BCUT2D eigenvalue weighted by Crippen LogP contribution is 2.49. The Bertz CT molecular complexity index is 961. The summed E-state index contributed by atoms with van der Waals surface area (Å²) in [6, 6.07) is 13.8. The van der Waals surface area contributed by atoms with E-state index in [9.17, 15) is 14.9 Å². The number of hydrogen-bond acceptors (Lipinski definition) is 5.